The molecule has 0 saturated carbocycles. The molecule has 3 heterocycles. The minimum Gasteiger partial charge on any atom is -0.351 e. The van der Waals surface area contributed by atoms with Crippen LogP contribution in [0, 0.1) is 5.92 Å². The molecule has 122 valence electrons. The Morgan fingerprint density at radius 1 is 1.36 bits per heavy atom. The average molecular weight is 326 g/mol. The number of rotatable bonds is 3. The smallest absolute Gasteiger partial charge is 0.224 e. The van der Waals surface area contributed by atoms with E-state index in [2.05, 4.69) is 14.9 Å². The summed E-state index contributed by atoms with van der Waals surface area (Å²) in [5.41, 5.74) is 0. The number of piperidine rings is 1. The van der Waals surface area contributed by atoms with Crippen LogP contribution in [0.5, 0.6) is 0 Å². The quantitative estimate of drug-likeness (QED) is 0.846. The molecule has 3 rings (SSSR count). The molecule has 1 amide bonds. The third-order valence-corrected chi connectivity index (χ3v) is 5.78. The topological polar surface area (TPSA) is 84.3 Å². The number of aromatic nitrogens is 2. The molecule has 1 aromatic heterocycles. The van der Waals surface area contributed by atoms with Crippen LogP contribution in [0.15, 0.2) is 12.4 Å². The van der Waals surface area contributed by atoms with E-state index < -0.39 is 10.0 Å². The maximum atomic E-state index is 12.4. The highest BCUT2D eigenvalue weighted by atomic mass is 32.2. The molecular formula is C14H22N4O3S. The van der Waals surface area contributed by atoms with E-state index in [1.165, 1.54) is 10.6 Å². The first-order chi connectivity index (χ1) is 10.4. The highest BCUT2D eigenvalue weighted by Gasteiger charge is 2.31. The lowest BCUT2D eigenvalue weighted by Crippen LogP contribution is -2.49. The van der Waals surface area contributed by atoms with Gasteiger partial charge < -0.3 is 9.88 Å². The summed E-state index contributed by atoms with van der Waals surface area (Å²) < 4.78 is 26.8. The largest absolute Gasteiger partial charge is 0.351 e. The van der Waals surface area contributed by atoms with E-state index in [1.54, 1.807) is 6.20 Å². The Kier molecular flexibility index (Phi) is 4.22. The number of imidazole rings is 1. The molecule has 1 N–H and O–H groups in total. The number of sulfonamides is 1. The zero-order valence-electron chi connectivity index (χ0n) is 12.7. The summed E-state index contributed by atoms with van der Waals surface area (Å²) in [5, 5.41) is 3.08. The van der Waals surface area contributed by atoms with Crippen LogP contribution in [0.1, 0.15) is 25.1 Å². The van der Waals surface area contributed by atoms with Crippen LogP contribution in [0.3, 0.4) is 0 Å². The molecule has 0 radical (unpaired) electrons. The SMILES string of the molecule is CS(=O)(=O)N1CCC[C@@H](C(=O)N[C@@H]2CCc3nccn3C2)C1. The van der Waals surface area contributed by atoms with E-state index in [9.17, 15) is 13.2 Å². The first-order valence-electron chi connectivity index (χ1n) is 7.69. The third-order valence-electron chi connectivity index (χ3n) is 4.51. The Hall–Kier alpha value is -1.41. The van der Waals surface area contributed by atoms with E-state index in [0.717, 1.165) is 38.1 Å². The Bertz CT molecular complexity index is 655. The fraction of sp³-hybridized carbons (Fsp3) is 0.714. The summed E-state index contributed by atoms with van der Waals surface area (Å²) in [6.45, 7) is 1.56. The fourth-order valence-electron chi connectivity index (χ4n) is 3.26. The van der Waals surface area contributed by atoms with Crippen molar-refractivity contribution in [3.63, 3.8) is 0 Å². The lowest BCUT2D eigenvalue weighted by atomic mass is 9.97. The molecule has 2 atom stereocenters. The second kappa shape index (κ2) is 6.00. The number of nitrogens with one attached hydrogen (secondary N) is 1. The van der Waals surface area contributed by atoms with E-state index in [0.29, 0.717) is 13.1 Å². The van der Waals surface area contributed by atoms with E-state index in [-0.39, 0.29) is 17.9 Å². The molecule has 0 spiro atoms. The highest BCUT2D eigenvalue weighted by Crippen LogP contribution is 2.20. The van der Waals surface area contributed by atoms with Crippen molar-refractivity contribution in [1.29, 1.82) is 0 Å². The lowest BCUT2D eigenvalue weighted by molar-refractivity contribution is -0.127. The molecule has 7 nitrogen and oxygen atoms in total. The minimum atomic E-state index is -3.22. The highest BCUT2D eigenvalue weighted by molar-refractivity contribution is 7.88. The molecule has 8 heteroatoms. The molecule has 0 unspecified atom stereocenters. The van der Waals surface area contributed by atoms with Crippen molar-refractivity contribution in [1.82, 2.24) is 19.2 Å². The number of hydrogen-bond acceptors (Lipinski definition) is 4. The lowest BCUT2D eigenvalue weighted by Gasteiger charge is -2.32. The Balaban J connectivity index is 1.58. The van der Waals surface area contributed by atoms with Gasteiger partial charge in [0.05, 0.1) is 12.2 Å². The average Bonchev–Trinajstić information content (AvgIpc) is 2.94. The van der Waals surface area contributed by atoms with Crippen LogP contribution >= 0.6 is 0 Å². The molecular weight excluding hydrogens is 304 g/mol. The van der Waals surface area contributed by atoms with Gasteiger partial charge in [0.15, 0.2) is 0 Å². The molecule has 1 aromatic rings. The molecule has 0 bridgehead atoms. The normalized spacial score (nSPS) is 26.4. The maximum absolute atomic E-state index is 12.4. The van der Waals surface area contributed by atoms with E-state index in [4.69, 9.17) is 0 Å². The second-order valence-electron chi connectivity index (χ2n) is 6.20. The zero-order valence-corrected chi connectivity index (χ0v) is 13.6. The minimum absolute atomic E-state index is 0.0260. The summed E-state index contributed by atoms with van der Waals surface area (Å²) in [6, 6.07) is 0.0998. The summed E-state index contributed by atoms with van der Waals surface area (Å²) in [4.78, 5) is 16.7. The van der Waals surface area contributed by atoms with Gasteiger partial charge in [-0.2, -0.15) is 0 Å². The summed E-state index contributed by atoms with van der Waals surface area (Å²) >= 11 is 0. The molecule has 2 aliphatic rings. The molecule has 0 aliphatic carbocycles. The van der Waals surface area contributed by atoms with Gasteiger partial charge in [0.2, 0.25) is 15.9 Å². The van der Waals surface area contributed by atoms with Gasteiger partial charge in [0.25, 0.3) is 0 Å². The fourth-order valence-corrected chi connectivity index (χ4v) is 4.17. The van der Waals surface area contributed by atoms with E-state index >= 15 is 0 Å². The van der Waals surface area contributed by atoms with Crippen molar-refractivity contribution in [2.45, 2.75) is 38.3 Å². The Morgan fingerprint density at radius 2 is 2.18 bits per heavy atom. The Morgan fingerprint density at radius 3 is 2.95 bits per heavy atom. The standard InChI is InChI=1S/C14H22N4O3S/c1-22(20,21)18-7-2-3-11(9-18)14(19)16-12-4-5-13-15-6-8-17(13)10-12/h6,8,11-12H,2-5,7,9-10H2,1H3,(H,16,19)/t11-,12-/m1/s1. The van der Waals surface area contributed by atoms with Crippen LogP contribution < -0.4 is 5.32 Å². The van der Waals surface area contributed by atoms with Crippen molar-refractivity contribution in [2.75, 3.05) is 19.3 Å². The van der Waals surface area contributed by atoms with Crippen LogP contribution in [-0.2, 0) is 27.8 Å². The number of fused-ring (bicyclic) bond motifs is 1. The van der Waals surface area contributed by atoms with Gasteiger partial charge in [0.1, 0.15) is 5.82 Å². The van der Waals surface area contributed by atoms with Gasteiger partial charge >= 0.3 is 0 Å². The Labute approximate surface area is 130 Å². The first-order valence-corrected chi connectivity index (χ1v) is 9.54. The number of hydrogen-bond donors (Lipinski definition) is 1. The van der Waals surface area contributed by atoms with Gasteiger partial charge in [-0.05, 0) is 19.3 Å². The van der Waals surface area contributed by atoms with Gasteiger partial charge in [0, 0.05) is 44.5 Å². The van der Waals surface area contributed by atoms with Gasteiger partial charge in [-0.25, -0.2) is 17.7 Å². The monoisotopic (exact) mass is 326 g/mol. The number of aryl methyl sites for hydroxylation is 1. The van der Waals surface area contributed by atoms with Crippen molar-refractivity contribution in [3.05, 3.63) is 18.2 Å². The number of amides is 1. The summed E-state index contributed by atoms with van der Waals surface area (Å²) in [6.07, 6.45) is 8.14. The van der Waals surface area contributed by atoms with Crippen LogP contribution in [0.4, 0.5) is 0 Å². The maximum Gasteiger partial charge on any atom is 0.224 e. The van der Waals surface area contributed by atoms with Crippen molar-refractivity contribution in [2.24, 2.45) is 5.92 Å². The van der Waals surface area contributed by atoms with Crippen LogP contribution in [0.25, 0.3) is 0 Å². The van der Waals surface area contributed by atoms with E-state index in [1.807, 2.05) is 6.20 Å². The van der Waals surface area contributed by atoms with Crippen molar-refractivity contribution < 1.29 is 13.2 Å². The predicted molar refractivity (Wildman–Crippen MR) is 81.6 cm³/mol. The number of carbonyl (C=O) groups excluding carboxylic acids is 1. The van der Waals surface area contributed by atoms with Gasteiger partial charge in [-0.1, -0.05) is 0 Å². The number of nitrogens with zero attached hydrogens (tertiary/aromatic N) is 3. The molecule has 22 heavy (non-hydrogen) atoms. The third kappa shape index (κ3) is 3.33. The summed E-state index contributed by atoms with van der Waals surface area (Å²) in [7, 11) is -3.22. The summed E-state index contributed by atoms with van der Waals surface area (Å²) in [5.74, 6) is 0.793. The number of carbonyl (C=O) groups is 1. The molecule has 2 aliphatic heterocycles. The van der Waals surface area contributed by atoms with Crippen molar-refractivity contribution >= 4 is 15.9 Å². The van der Waals surface area contributed by atoms with Gasteiger partial charge in [-0.3, -0.25) is 4.79 Å². The zero-order chi connectivity index (χ0) is 15.7. The molecule has 1 saturated heterocycles. The molecule has 1 fully saturated rings. The van der Waals surface area contributed by atoms with Crippen LogP contribution in [-0.4, -0.2) is 53.6 Å². The van der Waals surface area contributed by atoms with Crippen molar-refractivity contribution in [3.8, 4) is 0 Å². The predicted octanol–water partition coefficient (Wildman–Crippen LogP) is -0.0143. The second-order valence-corrected chi connectivity index (χ2v) is 8.18. The molecule has 0 aromatic carbocycles. The van der Waals surface area contributed by atoms with Gasteiger partial charge in [-0.15, -0.1) is 0 Å². The first kappa shape index (κ1) is 15.5. The van der Waals surface area contributed by atoms with Crippen LogP contribution in [0.2, 0.25) is 0 Å².